The van der Waals surface area contributed by atoms with E-state index < -0.39 is 5.82 Å². The molecular weight excluding hydrogens is 219 g/mol. The summed E-state index contributed by atoms with van der Waals surface area (Å²) in [5, 5.41) is 0.100. The van der Waals surface area contributed by atoms with Crippen LogP contribution in [-0.4, -0.2) is 13.1 Å². The van der Waals surface area contributed by atoms with Gasteiger partial charge in [0.25, 0.3) is 0 Å². The summed E-state index contributed by atoms with van der Waals surface area (Å²) in [6.45, 7) is 0. The molecule has 0 saturated heterocycles. The number of hydrogen-bond acceptors (Lipinski definition) is 2. The second-order valence-corrected chi connectivity index (χ2v) is 4.02. The van der Waals surface area contributed by atoms with Crippen molar-refractivity contribution in [1.82, 2.24) is 0 Å². The minimum absolute atomic E-state index is 0.0730. The molecule has 15 heavy (non-hydrogen) atoms. The van der Waals surface area contributed by atoms with Crippen LogP contribution < -0.4 is 0 Å². The Morgan fingerprint density at radius 2 is 2.33 bits per heavy atom. The Morgan fingerprint density at radius 1 is 1.60 bits per heavy atom. The molecule has 1 fully saturated rings. The maximum Gasteiger partial charge on any atom is 0.309 e. The predicted octanol–water partition coefficient (Wildman–Crippen LogP) is 2.76. The summed E-state index contributed by atoms with van der Waals surface area (Å²) < 4.78 is 18.2. The molecule has 2 rings (SSSR count). The molecule has 1 aromatic carbocycles. The molecule has 0 bridgehead atoms. The molecule has 0 aliphatic heterocycles. The first kappa shape index (κ1) is 10.4. The summed E-state index contributed by atoms with van der Waals surface area (Å²) >= 11 is 5.66. The van der Waals surface area contributed by atoms with Crippen molar-refractivity contribution < 1.29 is 13.9 Å². The number of methoxy groups -OCH3 is 1. The lowest BCUT2D eigenvalue weighted by atomic mass is 10.1. The summed E-state index contributed by atoms with van der Waals surface area (Å²) in [7, 11) is 1.34. The minimum atomic E-state index is -0.421. The molecule has 4 heteroatoms. The van der Waals surface area contributed by atoms with Crippen molar-refractivity contribution >= 4 is 17.6 Å². The van der Waals surface area contributed by atoms with Crippen LogP contribution in [0.1, 0.15) is 17.9 Å². The number of esters is 1. The fourth-order valence-corrected chi connectivity index (χ4v) is 1.94. The Bertz CT molecular complexity index is 406. The van der Waals surface area contributed by atoms with E-state index in [1.807, 2.05) is 0 Å². The van der Waals surface area contributed by atoms with Gasteiger partial charge in [-0.2, -0.15) is 0 Å². The molecule has 0 heterocycles. The van der Waals surface area contributed by atoms with E-state index in [-0.39, 0.29) is 22.8 Å². The third-order valence-electron chi connectivity index (χ3n) is 2.68. The Kier molecular flexibility index (Phi) is 2.65. The van der Waals surface area contributed by atoms with Crippen LogP contribution >= 0.6 is 11.6 Å². The van der Waals surface area contributed by atoms with Crippen molar-refractivity contribution in [2.75, 3.05) is 7.11 Å². The Labute approximate surface area is 92.0 Å². The number of carbonyl (C=O) groups excluding carboxylic acids is 1. The predicted molar refractivity (Wildman–Crippen MR) is 54.3 cm³/mol. The van der Waals surface area contributed by atoms with Crippen LogP contribution in [0.3, 0.4) is 0 Å². The molecule has 1 aliphatic carbocycles. The van der Waals surface area contributed by atoms with Gasteiger partial charge in [-0.1, -0.05) is 23.7 Å². The first-order valence-electron chi connectivity index (χ1n) is 4.67. The summed E-state index contributed by atoms with van der Waals surface area (Å²) in [6, 6.07) is 4.85. The van der Waals surface area contributed by atoms with Crippen LogP contribution in [-0.2, 0) is 9.53 Å². The number of carbonyl (C=O) groups is 1. The van der Waals surface area contributed by atoms with Crippen molar-refractivity contribution in [3.8, 4) is 0 Å². The van der Waals surface area contributed by atoms with Gasteiger partial charge in [0.15, 0.2) is 0 Å². The summed E-state index contributed by atoms with van der Waals surface area (Å²) in [5.41, 5.74) is 0.512. The van der Waals surface area contributed by atoms with Gasteiger partial charge in [-0.3, -0.25) is 4.79 Å². The lowest BCUT2D eigenvalue weighted by Gasteiger charge is -2.03. The fraction of sp³-hybridized carbons (Fsp3) is 0.364. The quantitative estimate of drug-likeness (QED) is 0.728. The topological polar surface area (TPSA) is 26.3 Å². The van der Waals surface area contributed by atoms with Gasteiger partial charge in [-0.15, -0.1) is 0 Å². The maximum absolute atomic E-state index is 13.5. The molecule has 80 valence electrons. The molecule has 1 saturated carbocycles. The van der Waals surface area contributed by atoms with E-state index in [2.05, 4.69) is 4.74 Å². The molecule has 0 N–H and O–H groups in total. The van der Waals surface area contributed by atoms with E-state index in [9.17, 15) is 9.18 Å². The number of rotatable bonds is 2. The van der Waals surface area contributed by atoms with Crippen molar-refractivity contribution in [3.63, 3.8) is 0 Å². The van der Waals surface area contributed by atoms with Crippen molar-refractivity contribution in [2.24, 2.45) is 5.92 Å². The molecule has 1 aliphatic rings. The molecule has 0 radical (unpaired) electrons. The van der Waals surface area contributed by atoms with Gasteiger partial charge < -0.3 is 4.74 Å². The zero-order valence-corrected chi connectivity index (χ0v) is 8.92. The highest BCUT2D eigenvalue weighted by atomic mass is 35.5. The summed E-state index contributed by atoms with van der Waals surface area (Å²) in [6.07, 6.45) is 0.643. The van der Waals surface area contributed by atoms with E-state index in [0.717, 1.165) is 0 Å². The van der Waals surface area contributed by atoms with E-state index in [1.54, 1.807) is 12.1 Å². The zero-order chi connectivity index (χ0) is 11.0. The molecule has 2 atom stereocenters. The lowest BCUT2D eigenvalue weighted by molar-refractivity contribution is -0.142. The molecule has 0 aromatic heterocycles. The number of hydrogen-bond donors (Lipinski definition) is 0. The van der Waals surface area contributed by atoms with Crippen molar-refractivity contribution in [1.29, 1.82) is 0 Å². The highest BCUT2D eigenvalue weighted by molar-refractivity contribution is 6.30. The number of benzene rings is 1. The highest BCUT2D eigenvalue weighted by Crippen LogP contribution is 2.49. The number of halogens is 2. The summed E-state index contributed by atoms with van der Waals surface area (Å²) in [4.78, 5) is 11.2. The van der Waals surface area contributed by atoms with E-state index in [1.165, 1.54) is 13.2 Å². The summed E-state index contributed by atoms with van der Waals surface area (Å²) in [5.74, 6) is -0.978. The van der Waals surface area contributed by atoms with Crippen LogP contribution in [0.2, 0.25) is 5.02 Å². The Morgan fingerprint density at radius 3 is 3.00 bits per heavy atom. The molecular formula is C11H10ClFO2. The van der Waals surface area contributed by atoms with Gasteiger partial charge in [-0.05, 0) is 18.1 Å². The second-order valence-electron chi connectivity index (χ2n) is 3.61. The fourth-order valence-electron chi connectivity index (χ4n) is 1.76. The van der Waals surface area contributed by atoms with Crippen LogP contribution in [0, 0.1) is 11.7 Å². The van der Waals surface area contributed by atoms with E-state index >= 15 is 0 Å². The molecule has 0 amide bonds. The van der Waals surface area contributed by atoms with Gasteiger partial charge in [-0.25, -0.2) is 4.39 Å². The second kappa shape index (κ2) is 3.81. The molecule has 0 spiro atoms. The zero-order valence-electron chi connectivity index (χ0n) is 8.17. The standard InChI is InChI=1S/C11H10ClFO2/c1-15-11(14)8-5-7(8)6-3-2-4-9(12)10(6)13/h2-4,7-8H,5H2,1H3. The van der Waals surface area contributed by atoms with Gasteiger partial charge in [0, 0.05) is 5.92 Å². The van der Waals surface area contributed by atoms with Crippen molar-refractivity contribution in [2.45, 2.75) is 12.3 Å². The lowest BCUT2D eigenvalue weighted by Crippen LogP contribution is -2.04. The normalized spacial score (nSPS) is 23.7. The Hall–Kier alpha value is -1.09. The molecule has 2 unspecified atom stereocenters. The maximum atomic E-state index is 13.5. The van der Waals surface area contributed by atoms with Gasteiger partial charge in [0.2, 0.25) is 0 Å². The van der Waals surface area contributed by atoms with Gasteiger partial charge in [0.1, 0.15) is 5.82 Å². The van der Waals surface area contributed by atoms with Gasteiger partial charge >= 0.3 is 5.97 Å². The number of ether oxygens (including phenoxy) is 1. The smallest absolute Gasteiger partial charge is 0.309 e. The highest BCUT2D eigenvalue weighted by Gasteiger charge is 2.46. The first-order chi connectivity index (χ1) is 7.15. The average Bonchev–Trinajstić information content (AvgIpc) is 3.01. The first-order valence-corrected chi connectivity index (χ1v) is 5.04. The monoisotopic (exact) mass is 228 g/mol. The van der Waals surface area contributed by atoms with Crippen LogP contribution in [0.4, 0.5) is 4.39 Å². The third-order valence-corrected chi connectivity index (χ3v) is 2.97. The van der Waals surface area contributed by atoms with Crippen LogP contribution in [0.5, 0.6) is 0 Å². The molecule has 1 aromatic rings. The molecule has 2 nitrogen and oxygen atoms in total. The average molecular weight is 229 g/mol. The van der Waals surface area contributed by atoms with Crippen LogP contribution in [0.15, 0.2) is 18.2 Å². The third kappa shape index (κ3) is 1.84. The Balaban J connectivity index is 2.20. The largest absolute Gasteiger partial charge is 0.469 e. The van der Waals surface area contributed by atoms with Gasteiger partial charge in [0.05, 0.1) is 18.1 Å². The van der Waals surface area contributed by atoms with E-state index in [0.29, 0.717) is 12.0 Å². The SMILES string of the molecule is COC(=O)C1CC1c1cccc(Cl)c1F. The van der Waals surface area contributed by atoms with Crippen LogP contribution in [0.25, 0.3) is 0 Å². The minimum Gasteiger partial charge on any atom is -0.469 e. The van der Waals surface area contributed by atoms with Crippen molar-refractivity contribution in [3.05, 3.63) is 34.6 Å². The van der Waals surface area contributed by atoms with E-state index in [4.69, 9.17) is 11.6 Å².